The minimum Gasteiger partial charge on any atom is -0.396 e. The van der Waals surface area contributed by atoms with E-state index in [-0.39, 0.29) is 16.1 Å². The number of hydrogen-bond donors (Lipinski definition) is 2. The van der Waals surface area contributed by atoms with E-state index < -0.39 is 15.8 Å². The summed E-state index contributed by atoms with van der Waals surface area (Å²) in [7, 11) is -3.68. The molecule has 0 spiro atoms. The van der Waals surface area contributed by atoms with E-state index in [0.717, 1.165) is 11.8 Å². The second-order valence-electron chi connectivity index (χ2n) is 4.30. The largest absolute Gasteiger partial charge is 0.396 e. The van der Waals surface area contributed by atoms with Crippen LogP contribution in [0, 0.1) is 19.7 Å². The summed E-state index contributed by atoms with van der Waals surface area (Å²) in [6, 6.07) is 1.14. The molecule has 1 rings (SSSR count). The van der Waals surface area contributed by atoms with Crippen LogP contribution in [-0.2, 0) is 10.0 Å². The topological polar surface area (TPSA) is 72.2 Å². The SMILES string of the molecule is C=CCSCCNS(=O)(=O)c1c(C)cc(F)c(N)c1C. The Hall–Kier alpha value is -1.05. The van der Waals surface area contributed by atoms with Crippen LogP contribution in [0.1, 0.15) is 11.1 Å². The number of thioether (sulfide) groups is 1. The number of sulfonamides is 1. The molecule has 3 N–H and O–H groups in total. The highest BCUT2D eigenvalue weighted by atomic mass is 32.2. The number of rotatable bonds is 7. The van der Waals surface area contributed by atoms with E-state index in [2.05, 4.69) is 11.3 Å². The van der Waals surface area contributed by atoms with Crippen LogP contribution in [0.25, 0.3) is 0 Å². The smallest absolute Gasteiger partial charge is 0.241 e. The summed E-state index contributed by atoms with van der Waals surface area (Å²) in [5.74, 6) is 0.809. The Labute approximate surface area is 123 Å². The minimum absolute atomic E-state index is 0.0603. The van der Waals surface area contributed by atoms with Crippen LogP contribution < -0.4 is 10.5 Å². The van der Waals surface area contributed by atoms with Gasteiger partial charge in [0.1, 0.15) is 5.82 Å². The molecule has 7 heteroatoms. The van der Waals surface area contributed by atoms with Crippen LogP contribution >= 0.6 is 11.8 Å². The number of anilines is 1. The Balaban J connectivity index is 2.93. The van der Waals surface area contributed by atoms with E-state index >= 15 is 0 Å². The molecule has 112 valence electrons. The standard InChI is InChI=1S/C13H19FN2O2S2/c1-4-6-19-7-5-16-20(17,18)13-9(2)8-11(14)12(15)10(13)3/h4,8,16H,1,5-7,15H2,2-3H3. The van der Waals surface area contributed by atoms with E-state index in [1.54, 1.807) is 24.8 Å². The van der Waals surface area contributed by atoms with Gasteiger partial charge >= 0.3 is 0 Å². The summed E-state index contributed by atoms with van der Waals surface area (Å²) in [6.45, 7) is 6.95. The molecular formula is C13H19FN2O2S2. The summed E-state index contributed by atoms with van der Waals surface area (Å²) in [5.41, 5.74) is 6.02. The van der Waals surface area contributed by atoms with Gasteiger partial charge in [0.05, 0.1) is 10.6 Å². The monoisotopic (exact) mass is 318 g/mol. The molecule has 0 aliphatic heterocycles. The first-order valence-electron chi connectivity index (χ1n) is 6.04. The predicted molar refractivity (Wildman–Crippen MR) is 83.0 cm³/mol. The zero-order chi connectivity index (χ0) is 15.3. The van der Waals surface area contributed by atoms with Gasteiger partial charge in [0.2, 0.25) is 10.0 Å². The maximum Gasteiger partial charge on any atom is 0.241 e. The molecule has 0 saturated carbocycles. The van der Waals surface area contributed by atoms with Gasteiger partial charge in [-0.05, 0) is 31.0 Å². The summed E-state index contributed by atoms with van der Waals surface area (Å²) in [5, 5.41) is 0. The van der Waals surface area contributed by atoms with Crippen molar-refractivity contribution in [1.29, 1.82) is 0 Å². The van der Waals surface area contributed by atoms with Crippen molar-refractivity contribution >= 4 is 27.5 Å². The van der Waals surface area contributed by atoms with Gasteiger partial charge in [-0.3, -0.25) is 0 Å². The fourth-order valence-electron chi connectivity index (χ4n) is 1.83. The molecule has 1 aromatic rings. The van der Waals surface area contributed by atoms with Crippen LogP contribution in [0.5, 0.6) is 0 Å². The summed E-state index contributed by atoms with van der Waals surface area (Å²) >= 11 is 1.57. The number of aryl methyl sites for hydroxylation is 1. The first-order chi connectivity index (χ1) is 9.31. The number of benzene rings is 1. The number of nitrogens with two attached hydrogens (primary N) is 1. The van der Waals surface area contributed by atoms with E-state index in [1.807, 2.05) is 0 Å². The van der Waals surface area contributed by atoms with Crippen molar-refractivity contribution in [2.75, 3.05) is 23.8 Å². The van der Waals surface area contributed by atoms with Crippen LogP contribution in [0.4, 0.5) is 10.1 Å². The highest BCUT2D eigenvalue weighted by molar-refractivity contribution is 7.99. The number of nitrogens with one attached hydrogen (secondary N) is 1. The van der Waals surface area contributed by atoms with Gasteiger partial charge in [0.25, 0.3) is 0 Å². The molecule has 0 saturated heterocycles. The van der Waals surface area contributed by atoms with Gasteiger partial charge in [-0.1, -0.05) is 6.08 Å². The third-order valence-electron chi connectivity index (χ3n) is 2.75. The second kappa shape index (κ2) is 7.10. The Bertz CT molecular complexity index is 601. The van der Waals surface area contributed by atoms with Crippen LogP contribution in [0.2, 0.25) is 0 Å². The minimum atomic E-state index is -3.68. The molecule has 0 radical (unpaired) electrons. The number of hydrogen-bond acceptors (Lipinski definition) is 4. The molecule has 1 aromatic carbocycles. The van der Waals surface area contributed by atoms with Crippen molar-refractivity contribution in [3.8, 4) is 0 Å². The normalized spacial score (nSPS) is 11.6. The van der Waals surface area contributed by atoms with Crippen LogP contribution in [0.15, 0.2) is 23.6 Å². The lowest BCUT2D eigenvalue weighted by atomic mass is 10.1. The Morgan fingerprint density at radius 1 is 1.50 bits per heavy atom. The Kier molecular flexibility index (Phi) is 6.04. The molecule has 20 heavy (non-hydrogen) atoms. The van der Waals surface area contributed by atoms with Crippen molar-refractivity contribution in [2.24, 2.45) is 0 Å². The Morgan fingerprint density at radius 2 is 2.15 bits per heavy atom. The third kappa shape index (κ3) is 3.97. The predicted octanol–water partition coefficient (Wildman–Crippen LogP) is 2.22. The van der Waals surface area contributed by atoms with Crippen LogP contribution in [0.3, 0.4) is 0 Å². The van der Waals surface area contributed by atoms with Crippen LogP contribution in [-0.4, -0.2) is 26.5 Å². The van der Waals surface area contributed by atoms with Crippen molar-refractivity contribution in [2.45, 2.75) is 18.7 Å². The van der Waals surface area contributed by atoms with E-state index in [1.165, 1.54) is 6.92 Å². The molecule has 0 fully saturated rings. The maximum atomic E-state index is 13.4. The van der Waals surface area contributed by atoms with E-state index in [4.69, 9.17) is 5.73 Å². The molecular weight excluding hydrogens is 299 g/mol. The average Bonchev–Trinajstić information content (AvgIpc) is 2.35. The molecule has 4 nitrogen and oxygen atoms in total. The van der Waals surface area contributed by atoms with Gasteiger partial charge in [-0.2, -0.15) is 11.8 Å². The maximum absolute atomic E-state index is 13.4. The molecule has 0 aliphatic rings. The fraction of sp³-hybridized carbons (Fsp3) is 0.385. The molecule has 0 atom stereocenters. The lowest BCUT2D eigenvalue weighted by Gasteiger charge is -2.14. The van der Waals surface area contributed by atoms with Crippen molar-refractivity contribution < 1.29 is 12.8 Å². The van der Waals surface area contributed by atoms with E-state index in [9.17, 15) is 12.8 Å². The van der Waals surface area contributed by atoms with Crippen molar-refractivity contribution in [1.82, 2.24) is 4.72 Å². The molecule has 0 unspecified atom stereocenters. The molecule has 0 aromatic heterocycles. The third-order valence-corrected chi connectivity index (χ3v) is 5.46. The first-order valence-corrected chi connectivity index (χ1v) is 8.68. The lowest BCUT2D eigenvalue weighted by Crippen LogP contribution is -2.28. The van der Waals surface area contributed by atoms with E-state index in [0.29, 0.717) is 17.9 Å². The molecule has 0 bridgehead atoms. The zero-order valence-corrected chi connectivity index (χ0v) is 13.2. The van der Waals surface area contributed by atoms with Gasteiger partial charge < -0.3 is 5.73 Å². The van der Waals surface area contributed by atoms with Gasteiger partial charge in [-0.25, -0.2) is 17.5 Å². The highest BCUT2D eigenvalue weighted by Crippen LogP contribution is 2.27. The van der Waals surface area contributed by atoms with Crippen molar-refractivity contribution in [3.05, 3.63) is 35.7 Å². The highest BCUT2D eigenvalue weighted by Gasteiger charge is 2.22. The summed E-state index contributed by atoms with van der Waals surface area (Å²) in [4.78, 5) is 0.0603. The average molecular weight is 318 g/mol. The Morgan fingerprint density at radius 3 is 2.75 bits per heavy atom. The first kappa shape index (κ1) is 17.0. The van der Waals surface area contributed by atoms with Crippen molar-refractivity contribution in [3.63, 3.8) is 0 Å². The molecule has 0 heterocycles. The number of nitrogen functional groups attached to an aromatic ring is 1. The zero-order valence-electron chi connectivity index (χ0n) is 11.6. The summed E-state index contributed by atoms with van der Waals surface area (Å²) in [6.07, 6.45) is 1.76. The van der Waals surface area contributed by atoms with Gasteiger partial charge in [-0.15, -0.1) is 6.58 Å². The summed E-state index contributed by atoms with van der Waals surface area (Å²) < 4.78 is 40.5. The quantitative estimate of drug-likeness (QED) is 0.459. The number of halogens is 1. The second-order valence-corrected chi connectivity index (χ2v) is 7.16. The molecule has 0 amide bonds. The van der Waals surface area contributed by atoms with Gasteiger partial charge in [0.15, 0.2) is 0 Å². The lowest BCUT2D eigenvalue weighted by molar-refractivity contribution is 0.581. The molecule has 0 aliphatic carbocycles. The van der Waals surface area contributed by atoms with Gasteiger partial charge in [0, 0.05) is 18.1 Å². The fourth-order valence-corrected chi connectivity index (χ4v) is 4.05.